The van der Waals surface area contributed by atoms with E-state index in [2.05, 4.69) is 6.92 Å². The Morgan fingerprint density at radius 1 is 0.867 bits per heavy atom. The third kappa shape index (κ3) is 9.81. The summed E-state index contributed by atoms with van der Waals surface area (Å²) in [6.45, 7) is 2.23. The molecule has 30 heavy (non-hydrogen) atoms. The molecule has 2 aromatic carbocycles. The summed E-state index contributed by atoms with van der Waals surface area (Å²) in [6, 6.07) is 10.4. The van der Waals surface area contributed by atoms with Crippen LogP contribution < -0.4 is 61.2 Å². The standard InChI is InChI=1S/C23H32O5S.K/c1-2-3-4-5-6-7-8-9-10-12-19-13-11-14-22(24)23(19)28-20-15-17-21(18-16-20)29(25,26)27;/h11,13-18,24H,2-10,12H2,1H3,(H,25,26,27);/q;+1/p-1. The fourth-order valence-corrected chi connectivity index (χ4v) is 3.78. The first kappa shape index (κ1) is 27.6. The van der Waals surface area contributed by atoms with Gasteiger partial charge in [-0.05, 0) is 42.7 Å². The Labute approximate surface area is 223 Å². The van der Waals surface area contributed by atoms with Crippen molar-refractivity contribution in [1.29, 1.82) is 0 Å². The van der Waals surface area contributed by atoms with E-state index in [1.54, 1.807) is 6.07 Å². The van der Waals surface area contributed by atoms with Gasteiger partial charge in [0, 0.05) is 0 Å². The van der Waals surface area contributed by atoms with Crippen LogP contribution in [0.4, 0.5) is 0 Å². The molecule has 2 rings (SSSR count). The van der Waals surface area contributed by atoms with E-state index in [1.165, 1.54) is 75.3 Å². The van der Waals surface area contributed by atoms with Crippen LogP contribution in [-0.2, 0) is 16.5 Å². The average Bonchev–Trinajstić information content (AvgIpc) is 2.69. The van der Waals surface area contributed by atoms with Crippen molar-refractivity contribution in [2.75, 3.05) is 0 Å². The zero-order chi connectivity index (χ0) is 21.1. The van der Waals surface area contributed by atoms with Crippen LogP contribution in [0.3, 0.4) is 0 Å². The maximum absolute atomic E-state index is 12.3. The molecule has 160 valence electrons. The second-order valence-electron chi connectivity index (χ2n) is 7.37. The molecule has 7 heteroatoms. The van der Waals surface area contributed by atoms with E-state index in [0.29, 0.717) is 5.75 Å². The van der Waals surface area contributed by atoms with Crippen LogP contribution in [0.25, 0.3) is 0 Å². The Kier molecular flexibility index (Phi) is 13.5. The molecule has 0 aromatic heterocycles. The molecule has 0 bridgehead atoms. The Morgan fingerprint density at radius 2 is 1.43 bits per heavy atom. The van der Waals surface area contributed by atoms with Crippen LogP contribution in [0.1, 0.15) is 70.3 Å². The molecular weight excluding hydrogens is 427 g/mol. The molecule has 5 nitrogen and oxygen atoms in total. The Morgan fingerprint density at radius 3 is 2.00 bits per heavy atom. The minimum absolute atomic E-state index is 0. The summed E-state index contributed by atoms with van der Waals surface area (Å²) in [5.41, 5.74) is 0.860. The van der Waals surface area contributed by atoms with Crippen molar-refractivity contribution < 1.29 is 74.2 Å². The van der Waals surface area contributed by atoms with Crippen LogP contribution in [-0.4, -0.2) is 13.0 Å². The van der Waals surface area contributed by atoms with Crippen molar-refractivity contribution >= 4 is 10.1 Å². The molecule has 0 amide bonds. The van der Waals surface area contributed by atoms with Gasteiger partial charge in [-0.1, -0.05) is 82.2 Å². The topological polar surface area (TPSA) is 86.7 Å². The smallest absolute Gasteiger partial charge is 0.870 e. The minimum Gasteiger partial charge on any atom is -0.870 e. The maximum Gasteiger partial charge on any atom is 1.00 e. The van der Waals surface area contributed by atoms with Crippen LogP contribution >= 0.6 is 0 Å². The number of ether oxygens (including phenoxy) is 1. The number of para-hydroxylation sites is 1. The van der Waals surface area contributed by atoms with E-state index < -0.39 is 10.1 Å². The van der Waals surface area contributed by atoms with Gasteiger partial charge in [0.15, 0.2) is 0 Å². The van der Waals surface area contributed by atoms with Crippen LogP contribution in [0, 0.1) is 0 Å². The molecule has 0 saturated heterocycles. The average molecular weight is 459 g/mol. The van der Waals surface area contributed by atoms with Crippen molar-refractivity contribution in [2.24, 2.45) is 0 Å². The van der Waals surface area contributed by atoms with Gasteiger partial charge in [-0.3, -0.25) is 4.55 Å². The summed E-state index contributed by atoms with van der Waals surface area (Å²) in [5, 5.41) is 12.3. The summed E-state index contributed by atoms with van der Waals surface area (Å²) in [4.78, 5) is -0.213. The Bertz CT molecular complexity index is 850. The third-order valence-electron chi connectivity index (χ3n) is 4.95. The first-order valence-corrected chi connectivity index (χ1v) is 11.9. The fourth-order valence-electron chi connectivity index (χ4n) is 3.30. The SMILES string of the molecule is CCCCCCCCCCCc1cccc([O-])c1Oc1ccc(S(=O)(=O)O)cc1.[K+]. The summed E-state index contributed by atoms with van der Waals surface area (Å²) < 4.78 is 37.1. The molecule has 0 aliphatic heterocycles. The van der Waals surface area contributed by atoms with Gasteiger partial charge in [0.1, 0.15) is 11.5 Å². The van der Waals surface area contributed by atoms with Gasteiger partial charge in [-0.2, -0.15) is 8.42 Å². The second kappa shape index (κ2) is 14.6. The largest absolute Gasteiger partial charge is 1.00 e. The van der Waals surface area contributed by atoms with Gasteiger partial charge in [0.2, 0.25) is 0 Å². The third-order valence-corrected chi connectivity index (χ3v) is 5.82. The van der Waals surface area contributed by atoms with Crippen molar-refractivity contribution in [3.8, 4) is 17.2 Å². The molecule has 0 radical (unpaired) electrons. The molecule has 0 spiro atoms. The van der Waals surface area contributed by atoms with Gasteiger partial charge >= 0.3 is 51.4 Å². The summed E-state index contributed by atoms with van der Waals surface area (Å²) in [5.74, 6) is 0.443. The number of hydrogen-bond donors (Lipinski definition) is 1. The molecule has 0 saturated carbocycles. The molecule has 2 aromatic rings. The van der Waals surface area contributed by atoms with Crippen molar-refractivity contribution in [3.05, 3.63) is 48.0 Å². The number of hydrogen-bond acceptors (Lipinski definition) is 4. The van der Waals surface area contributed by atoms with E-state index >= 15 is 0 Å². The monoisotopic (exact) mass is 458 g/mol. The second-order valence-corrected chi connectivity index (χ2v) is 8.79. The summed E-state index contributed by atoms with van der Waals surface area (Å²) in [6.07, 6.45) is 11.9. The molecule has 0 aliphatic rings. The van der Waals surface area contributed by atoms with Crippen LogP contribution in [0.5, 0.6) is 17.2 Å². The zero-order valence-corrected chi connectivity index (χ0v) is 22.0. The van der Waals surface area contributed by atoms with Crippen molar-refractivity contribution in [1.82, 2.24) is 0 Å². The summed E-state index contributed by atoms with van der Waals surface area (Å²) >= 11 is 0. The van der Waals surface area contributed by atoms with Gasteiger partial charge in [0.25, 0.3) is 10.1 Å². The number of unbranched alkanes of at least 4 members (excludes halogenated alkanes) is 8. The van der Waals surface area contributed by atoms with Gasteiger partial charge in [-0.25, -0.2) is 0 Å². The molecule has 0 atom stereocenters. The first-order valence-electron chi connectivity index (χ1n) is 10.5. The predicted octanol–water partition coefficient (Wildman–Crippen LogP) is 2.88. The molecule has 0 fully saturated rings. The Balaban J connectivity index is 0.00000450. The minimum atomic E-state index is -4.25. The number of aryl methyl sites for hydroxylation is 1. The van der Waals surface area contributed by atoms with Crippen LogP contribution in [0.2, 0.25) is 0 Å². The van der Waals surface area contributed by atoms with Crippen molar-refractivity contribution in [3.63, 3.8) is 0 Å². The van der Waals surface area contributed by atoms with E-state index in [0.717, 1.165) is 24.8 Å². The predicted molar refractivity (Wildman–Crippen MR) is 113 cm³/mol. The quantitative estimate of drug-likeness (QED) is 0.283. The number of rotatable bonds is 13. The van der Waals surface area contributed by atoms with Gasteiger partial charge in [-0.15, -0.1) is 0 Å². The normalized spacial score (nSPS) is 11.1. The zero-order valence-electron chi connectivity index (χ0n) is 18.1. The Hall–Kier alpha value is -0.414. The molecule has 0 heterocycles. The fraction of sp³-hybridized carbons (Fsp3) is 0.478. The van der Waals surface area contributed by atoms with E-state index in [4.69, 9.17) is 9.29 Å². The number of benzene rings is 2. The molecule has 0 unspecified atom stereocenters. The molecule has 0 aliphatic carbocycles. The maximum atomic E-state index is 12.3. The van der Waals surface area contributed by atoms with Gasteiger partial charge < -0.3 is 9.84 Å². The van der Waals surface area contributed by atoms with Gasteiger partial charge in [0.05, 0.1) is 4.90 Å². The van der Waals surface area contributed by atoms with E-state index in [-0.39, 0.29) is 67.8 Å². The molecular formula is C23H31KO5S. The van der Waals surface area contributed by atoms with E-state index in [9.17, 15) is 13.5 Å². The van der Waals surface area contributed by atoms with Crippen molar-refractivity contribution in [2.45, 2.75) is 76.0 Å². The van der Waals surface area contributed by atoms with E-state index in [1.807, 2.05) is 6.07 Å². The molecule has 1 N–H and O–H groups in total. The summed E-state index contributed by atoms with van der Waals surface area (Å²) in [7, 11) is -4.25. The first-order chi connectivity index (χ1) is 13.9. The van der Waals surface area contributed by atoms with Crippen LogP contribution in [0.15, 0.2) is 47.4 Å².